The summed E-state index contributed by atoms with van der Waals surface area (Å²) in [6.45, 7) is 3.06. The molecular formula is C26H26BrN3O3S. The van der Waals surface area contributed by atoms with Crippen LogP contribution in [0.5, 0.6) is 5.75 Å². The van der Waals surface area contributed by atoms with Gasteiger partial charge in [-0.1, -0.05) is 53.2 Å². The van der Waals surface area contributed by atoms with E-state index in [2.05, 4.69) is 31.9 Å². The van der Waals surface area contributed by atoms with Crippen LogP contribution in [0, 0.1) is 0 Å². The molecule has 0 aliphatic heterocycles. The second kappa shape index (κ2) is 12.9. The third kappa shape index (κ3) is 7.67. The molecule has 3 aromatic carbocycles. The van der Waals surface area contributed by atoms with E-state index < -0.39 is 0 Å². The highest BCUT2D eigenvalue weighted by molar-refractivity contribution is 9.10. The molecule has 8 heteroatoms. The average molecular weight is 540 g/mol. The number of nitrogens with one attached hydrogen (secondary N) is 3. The summed E-state index contributed by atoms with van der Waals surface area (Å²) >= 11 is 8.71. The van der Waals surface area contributed by atoms with E-state index in [-0.39, 0.29) is 16.9 Å². The second-order valence-corrected chi connectivity index (χ2v) is 8.79. The Morgan fingerprint density at radius 1 is 0.971 bits per heavy atom. The summed E-state index contributed by atoms with van der Waals surface area (Å²) in [7, 11) is 0. The minimum atomic E-state index is -0.385. The lowest BCUT2D eigenvalue weighted by Gasteiger charge is -2.14. The van der Waals surface area contributed by atoms with Gasteiger partial charge in [0.15, 0.2) is 5.11 Å². The zero-order chi connectivity index (χ0) is 24.3. The minimum absolute atomic E-state index is 0.126. The van der Waals surface area contributed by atoms with Crippen LogP contribution in [0.25, 0.3) is 0 Å². The van der Waals surface area contributed by atoms with Crippen LogP contribution in [0.4, 0.5) is 5.69 Å². The SMILES string of the molecule is CCCNC(=O)c1ccc(NC(=S)NC(=O)c2cc(Br)ccc2OCCc2ccccc2)cc1. The maximum absolute atomic E-state index is 12.9. The summed E-state index contributed by atoms with van der Waals surface area (Å²) in [5.74, 6) is -0.0373. The number of anilines is 1. The van der Waals surface area contributed by atoms with Gasteiger partial charge in [0.05, 0.1) is 12.2 Å². The molecule has 2 amide bonds. The van der Waals surface area contributed by atoms with Crippen molar-refractivity contribution in [3.63, 3.8) is 0 Å². The summed E-state index contributed by atoms with van der Waals surface area (Å²) in [5, 5.41) is 8.62. The van der Waals surface area contributed by atoms with Crippen molar-refractivity contribution in [3.05, 3.63) is 94.0 Å². The zero-order valence-corrected chi connectivity index (χ0v) is 21.2. The van der Waals surface area contributed by atoms with E-state index in [4.69, 9.17) is 17.0 Å². The fourth-order valence-corrected chi connectivity index (χ4v) is 3.68. The Kier molecular flexibility index (Phi) is 9.61. The van der Waals surface area contributed by atoms with Crippen LogP contribution in [-0.2, 0) is 6.42 Å². The number of rotatable bonds is 9. The maximum atomic E-state index is 12.9. The van der Waals surface area contributed by atoms with Gasteiger partial charge in [-0.25, -0.2) is 0 Å². The summed E-state index contributed by atoms with van der Waals surface area (Å²) in [5.41, 5.74) is 2.74. The first-order valence-corrected chi connectivity index (χ1v) is 12.1. The van der Waals surface area contributed by atoms with Crippen LogP contribution < -0.4 is 20.7 Å². The van der Waals surface area contributed by atoms with Crippen molar-refractivity contribution in [2.45, 2.75) is 19.8 Å². The lowest BCUT2D eigenvalue weighted by atomic mass is 10.1. The van der Waals surface area contributed by atoms with Crippen LogP contribution in [-0.4, -0.2) is 30.1 Å². The van der Waals surface area contributed by atoms with Gasteiger partial charge < -0.3 is 15.4 Å². The van der Waals surface area contributed by atoms with E-state index in [1.807, 2.05) is 43.3 Å². The van der Waals surface area contributed by atoms with E-state index in [0.29, 0.717) is 35.7 Å². The highest BCUT2D eigenvalue weighted by Crippen LogP contribution is 2.23. The predicted octanol–water partition coefficient (Wildman–Crippen LogP) is 5.34. The van der Waals surface area contributed by atoms with Crippen LogP contribution >= 0.6 is 28.1 Å². The minimum Gasteiger partial charge on any atom is -0.492 e. The molecule has 0 saturated carbocycles. The molecule has 0 saturated heterocycles. The molecule has 0 spiro atoms. The number of carbonyl (C=O) groups is 2. The molecule has 0 bridgehead atoms. The van der Waals surface area contributed by atoms with Crippen molar-refractivity contribution in [2.75, 3.05) is 18.5 Å². The summed E-state index contributed by atoms with van der Waals surface area (Å²) in [4.78, 5) is 24.9. The number of hydrogen-bond donors (Lipinski definition) is 3. The average Bonchev–Trinajstić information content (AvgIpc) is 2.84. The number of ether oxygens (including phenoxy) is 1. The van der Waals surface area contributed by atoms with Gasteiger partial charge >= 0.3 is 0 Å². The van der Waals surface area contributed by atoms with Gasteiger partial charge in [-0.2, -0.15) is 0 Å². The normalized spacial score (nSPS) is 10.3. The Bertz CT molecular complexity index is 1140. The molecule has 0 aliphatic rings. The quantitative estimate of drug-likeness (QED) is 0.320. The third-order valence-corrected chi connectivity index (χ3v) is 5.54. The monoisotopic (exact) mass is 539 g/mol. The highest BCUT2D eigenvalue weighted by Gasteiger charge is 2.15. The van der Waals surface area contributed by atoms with Crippen LogP contribution in [0.3, 0.4) is 0 Å². The fourth-order valence-electron chi connectivity index (χ4n) is 3.11. The van der Waals surface area contributed by atoms with E-state index in [0.717, 1.165) is 22.9 Å². The number of halogens is 1. The molecule has 0 heterocycles. The van der Waals surface area contributed by atoms with Gasteiger partial charge in [-0.15, -0.1) is 0 Å². The van der Waals surface area contributed by atoms with Crippen LogP contribution in [0.1, 0.15) is 39.6 Å². The summed E-state index contributed by atoms with van der Waals surface area (Å²) in [6.07, 6.45) is 1.60. The van der Waals surface area contributed by atoms with E-state index in [1.54, 1.807) is 36.4 Å². The Labute approximate surface area is 213 Å². The van der Waals surface area contributed by atoms with Crippen molar-refractivity contribution < 1.29 is 14.3 Å². The first kappa shape index (κ1) is 25.4. The van der Waals surface area contributed by atoms with Crippen molar-refractivity contribution in [1.82, 2.24) is 10.6 Å². The second-order valence-electron chi connectivity index (χ2n) is 7.47. The first-order valence-electron chi connectivity index (χ1n) is 10.9. The molecular weight excluding hydrogens is 514 g/mol. The zero-order valence-electron chi connectivity index (χ0n) is 18.8. The lowest BCUT2D eigenvalue weighted by Crippen LogP contribution is -2.34. The standard InChI is InChI=1S/C26H26BrN3O3S/c1-2-15-28-24(31)19-8-11-21(12-9-19)29-26(34)30-25(32)22-17-20(27)10-13-23(22)33-16-14-18-6-4-3-5-7-18/h3-13,17H,2,14-16H2,1H3,(H,28,31)(H2,29,30,32,34). The topological polar surface area (TPSA) is 79.5 Å². The van der Waals surface area contributed by atoms with Crippen LogP contribution in [0.2, 0.25) is 0 Å². The van der Waals surface area contributed by atoms with E-state index >= 15 is 0 Å². The molecule has 0 unspecified atom stereocenters. The molecule has 3 rings (SSSR count). The summed E-state index contributed by atoms with van der Waals surface area (Å²) in [6, 6.07) is 22.1. The first-order chi connectivity index (χ1) is 16.5. The molecule has 3 N–H and O–H groups in total. The lowest BCUT2D eigenvalue weighted by molar-refractivity contribution is 0.0950. The molecule has 0 fully saturated rings. The van der Waals surface area contributed by atoms with Gasteiger partial charge in [0, 0.05) is 28.7 Å². The molecule has 0 aliphatic carbocycles. The van der Waals surface area contributed by atoms with E-state index in [9.17, 15) is 9.59 Å². The largest absolute Gasteiger partial charge is 0.492 e. The Morgan fingerprint density at radius 3 is 2.41 bits per heavy atom. The van der Waals surface area contributed by atoms with Gasteiger partial charge in [0.2, 0.25) is 0 Å². The van der Waals surface area contributed by atoms with Crippen molar-refractivity contribution >= 4 is 50.8 Å². The molecule has 3 aromatic rings. The number of carbonyl (C=O) groups excluding carboxylic acids is 2. The van der Waals surface area contributed by atoms with Gasteiger partial charge in [0.1, 0.15) is 5.75 Å². The number of thiocarbonyl (C=S) groups is 1. The van der Waals surface area contributed by atoms with Crippen molar-refractivity contribution in [2.24, 2.45) is 0 Å². The van der Waals surface area contributed by atoms with Crippen molar-refractivity contribution in [3.8, 4) is 5.75 Å². The molecule has 6 nitrogen and oxygen atoms in total. The van der Waals surface area contributed by atoms with Gasteiger partial charge in [0.25, 0.3) is 11.8 Å². The molecule has 34 heavy (non-hydrogen) atoms. The Hall–Kier alpha value is -3.23. The fraction of sp³-hybridized carbons (Fsp3) is 0.192. The number of amides is 2. The Balaban J connectivity index is 1.58. The van der Waals surface area contributed by atoms with Gasteiger partial charge in [-0.05, 0) is 66.7 Å². The Morgan fingerprint density at radius 2 is 1.71 bits per heavy atom. The van der Waals surface area contributed by atoms with E-state index in [1.165, 1.54) is 0 Å². The number of hydrogen-bond acceptors (Lipinski definition) is 4. The number of benzene rings is 3. The highest BCUT2D eigenvalue weighted by atomic mass is 79.9. The van der Waals surface area contributed by atoms with Crippen molar-refractivity contribution in [1.29, 1.82) is 0 Å². The molecule has 176 valence electrons. The molecule has 0 atom stereocenters. The third-order valence-electron chi connectivity index (χ3n) is 4.84. The molecule has 0 aromatic heterocycles. The maximum Gasteiger partial charge on any atom is 0.261 e. The van der Waals surface area contributed by atoms with Crippen LogP contribution in [0.15, 0.2) is 77.3 Å². The summed E-state index contributed by atoms with van der Waals surface area (Å²) < 4.78 is 6.65. The smallest absolute Gasteiger partial charge is 0.261 e. The predicted molar refractivity (Wildman–Crippen MR) is 143 cm³/mol. The molecule has 0 radical (unpaired) electrons. The van der Waals surface area contributed by atoms with Gasteiger partial charge in [-0.3, -0.25) is 14.9 Å².